The zero-order chi connectivity index (χ0) is 24.9. The number of carbonyl (C=O) groups excluding carboxylic acids is 1. The number of benzene rings is 2. The molecule has 2 heterocycles. The highest BCUT2D eigenvalue weighted by atomic mass is 79.9. The van der Waals surface area contributed by atoms with E-state index in [-0.39, 0.29) is 17.0 Å². The fourth-order valence-electron chi connectivity index (χ4n) is 3.27. The number of nitriles is 1. The molecule has 0 atom stereocenters. The lowest BCUT2D eigenvalue weighted by atomic mass is 10.1. The monoisotopic (exact) mass is 530 g/mol. The Kier molecular flexibility index (Phi) is 6.94. The first-order chi connectivity index (χ1) is 16.9. The zero-order valence-electron chi connectivity index (χ0n) is 18.8. The van der Waals surface area contributed by atoms with Gasteiger partial charge in [-0.15, -0.1) is 0 Å². The fourth-order valence-corrected chi connectivity index (χ4v) is 3.54. The molecule has 4 rings (SSSR count). The second-order valence-electron chi connectivity index (χ2n) is 7.43. The van der Waals surface area contributed by atoms with Crippen LogP contribution in [0.15, 0.2) is 81.7 Å². The third kappa shape index (κ3) is 5.23. The first kappa shape index (κ1) is 23.7. The minimum Gasteiger partial charge on any atom is -0.497 e. The lowest BCUT2D eigenvalue weighted by Gasteiger charge is -2.12. The van der Waals surface area contributed by atoms with Crippen LogP contribution in [0.2, 0.25) is 0 Å². The topological polar surface area (TPSA) is 106 Å². The van der Waals surface area contributed by atoms with Crippen molar-refractivity contribution in [1.82, 2.24) is 9.38 Å². The molecule has 0 aliphatic heterocycles. The molecule has 0 aliphatic carbocycles. The van der Waals surface area contributed by atoms with Gasteiger partial charge in [-0.1, -0.05) is 22.0 Å². The van der Waals surface area contributed by atoms with E-state index in [0.29, 0.717) is 22.8 Å². The summed E-state index contributed by atoms with van der Waals surface area (Å²) in [6, 6.07) is 19.0. The third-order valence-electron chi connectivity index (χ3n) is 5.08. The van der Waals surface area contributed by atoms with Crippen LogP contribution < -0.4 is 20.3 Å². The Morgan fingerprint density at radius 1 is 1.11 bits per heavy atom. The van der Waals surface area contributed by atoms with Crippen LogP contribution >= 0.6 is 15.9 Å². The van der Waals surface area contributed by atoms with Crippen LogP contribution in [0, 0.1) is 18.3 Å². The summed E-state index contributed by atoms with van der Waals surface area (Å²) in [7, 11) is 1.54. The van der Waals surface area contributed by atoms with Crippen LogP contribution in [0.4, 0.5) is 5.69 Å². The Morgan fingerprint density at radius 3 is 2.46 bits per heavy atom. The maximum Gasteiger partial charge on any atom is 0.269 e. The average Bonchev–Trinajstić information content (AvgIpc) is 2.86. The molecule has 0 saturated carbocycles. The summed E-state index contributed by atoms with van der Waals surface area (Å²) in [6.07, 6.45) is 2.76. The Morgan fingerprint density at radius 2 is 1.80 bits per heavy atom. The quantitative estimate of drug-likeness (QED) is 0.274. The van der Waals surface area contributed by atoms with Crippen LogP contribution in [0.5, 0.6) is 17.4 Å². The van der Waals surface area contributed by atoms with Crippen LogP contribution in [0.1, 0.15) is 11.1 Å². The van der Waals surface area contributed by atoms with Crippen molar-refractivity contribution in [3.05, 3.63) is 98.4 Å². The highest BCUT2D eigenvalue weighted by molar-refractivity contribution is 9.10. The molecule has 0 unspecified atom stereocenters. The molecule has 2 aromatic heterocycles. The van der Waals surface area contributed by atoms with Gasteiger partial charge in [0.15, 0.2) is 0 Å². The Hall–Kier alpha value is -4.42. The van der Waals surface area contributed by atoms with E-state index >= 15 is 0 Å². The van der Waals surface area contributed by atoms with E-state index in [9.17, 15) is 14.9 Å². The van der Waals surface area contributed by atoms with Crippen molar-refractivity contribution in [1.29, 1.82) is 5.26 Å². The van der Waals surface area contributed by atoms with Gasteiger partial charge in [-0.3, -0.25) is 14.0 Å². The molecular formula is C26H19BrN4O4. The smallest absolute Gasteiger partial charge is 0.269 e. The molecule has 9 heteroatoms. The number of hydrogen-bond acceptors (Lipinski definition) is 6. The zero-order valence-corrected chi connectivity index (χ0v) is 20.4. The first-order valence-corrected chi connectivity index (χ1v) is 11.2. The van der Waals surface area contributed by atoms with E-state index in [0.717, 1.165) is 10.0 Å². The number of methoxy groups -OCH3 is 1. The number of anilines is 1. The summed E-state index contributed by atoms with van der Waals surface area (Å²) in [6.45, 7) is 1.82. The summed E-state index contributed by atoms with van der Waals surface area (Å²) in [5.41, 5.74) is 0.843. The molecule has 2 aromatic carbocycles. The lowest BCUT2D eigenvalue weighted by molar-refractivity contribution is -0.112. The van der Waals surface area contributed by atoms with Crippen LogP contribution in [0.25, 0.3) is 11.7 Å². The molecule has 0 aliphatic rings. The van der Waals surface area contributed by atoms with Gasteiger partial charge in [0.25, 0.3) is 11.5 Å². The molecule has 0 saturated heterocycles. The maximum absolute atomic E-state index is 13.4. The second-order valence-corrected chi connectivity index (χ2v) is 8.34. The predicted molar refractivity (Wildman–Crippen MR) is 136 cm³/mol. The van der Waals surface area contributed by atoms with E-state index in [1.807, 2.05) is 19.1 Å². The standard InChI is InChI=1S/C26H19BrN4O4/c1-16-4-3-13-31-23(16)30-25(35-21-9-5-18(27)6-10-21)22(26(31)33)14-17(15-28)24(32)29-19-7-11-20(34-2)12-8-19/h3-14H,1-2H3,(H,29,32)/b17-14+. The summed E-state index contributed by atoms with van der Waals surface area (Å²) in [5.74, 6) is 0.367. The molecule has 35 heavy (non-hydrogen) atoms. The summed E-state index contributed by atoms with van der Waals surface area (Å²) >= 11 is 3.37. The molecule has 0 fully saturated rings. The molecule has 1 amide bonds. The van der Waals surface area contributed by atoms with Gasteiger partial charge < -0.3 is 14.8 Å². The van der Waals surface area contributed by atoms with Gasteiger partial charge in [0.1, 0.15) is 34.4 Å². The molecule has 0 radical (unpaired) electrons. The number of aromatic nitrogens is 2. The molecule has 174 valence electrons. The highest BCUT2D eigenvalue weighted by Crippen LogP contribution is 2.26. The molecule has 0 bridgehead atoms. The number of pyridine rings is 1. The van der Waals surface area contributed by atoms with Gasteiger partial charge in [0, 0.05) is 16.4 Å². The van der Waals surface area contributed by atoms with Crippen LogP contribution in [-0.2, 0) is 4.79 Å². The van der Waals surface area contributed by atoms with Crippen molar-refractivity contribution in [2.45, 2.75) is 6.92 Å². The van der Waals surface area contributed by atoms with Crippen LogP contribution in [-0.4, -0.2) is 22.4 Å². The lowest BCUT2D eigenvalue weighted by Crippen LogP contribution is -2.20. The predicted octanol–water partition coefficient (Wildman–Crippen LogP) is 5.11. The average molecular weight is 531 g/mol. The highest BCUT2D eigenvalue weighted by Gasteiger charge is 2.18. The Balaban J connectivity index is 1.79. The number of hydrogen-bond donors (Lipinski definition) is 1. The van der Waals surface area contributed by atoms with Crippen molar-refractivity contribution >= 4 is 39.2 Å². The van der Waals surface area contributed by atoms with Gasteiger partial charge in [0.05, 0.1) is 7.11 Å². The van der Waals surface area contributed by atoms with Crippen LogP contribution in [0.3, 0.4) is 0 Å². The first-order valence-electron chi connectivity index (χ1n) is 10.4. The van der Waals surface area contributed by atoms with Gasteiger partial charge in [0.2, 0.25) is 5.88 Å². The molecular weight excluding hydrogens is 512 g/mol. The number of fused-ring (bicyclic) bond motifs is 1. The summed E-state index contributed by atoms with van der Waals surface area (Å²) < 4.78 is 13.3. The van der Waals surface area contributed by atoms with Gasteiger partial charge >= 0.3 is 0 Å². The van der Waals surface area contributed by atoms with Gasteiger partial charge in [-0.25, -0.2) is 0 Å². The van der Waals surface area contributed by atoms with Gasteiger partial charge in [-0.05, 0) is 73.2 Å². The number of carbonyl (C=O) groups is 1. The summed E-state index contributed by atoms with van der Waals surface area (Å²) in [5, 5.41) is 12.3. The second kappa shape index (κ2) is 10.2. The van der Waals surface area contributed by atoms with Crippen molar-refractivity contribution in [3.8, 4) is 23.4 Å². The van der Waals surface area contributed by atoms with Crippen molar-refractivity contribution in [3.63, 3.8) is 0 Å². The number of aryl methyl sites for hydroxylation is 1. The van der Waals surface area contributed by atoms with E-state index < -0.39 is 11.5 Å². The summed E-state index contributed by atoms with van der Waals surface area (Å²) in [4.78, 5) is 30.7. The number of halogens is 1. The number of nitrogens with one attached hydrogen (secondary N) is 1. The van der Waals surface area contributed by atoms with Crippen molar-refractivity contribution in [2.24, 2.45) is 0 Å². The molecule has 0 spiro atoms. The molecule has 1 N–H and O–H groups in total. The largest absolute Gasteiger partial charge is 0.497 e. The third-order valence-corrected chi connectivity index (χ3v) is 5.61. The van der Waals surface area contributed by atoms with Crippen molar-refractivity contribution < 1.29 is 14.3 Å². The minimum absolute atomic E-state index is 0.0170. The van der Waals surface area contributed by atoms with E-state index in [1.54, 1.807) is 60.8 Å². The number of amides is 1. The minimum atomic E-state index is -0.680. The Labute approximate surface area is 209 Å². The number of rotatable bonds is 6. The number of nitrogens with zero attached hydrogens (tertiary/aromatic N) is 3. The molecule has 8 nitrogen and oxygen atoms in total. The normalized spacial score (nSPS) is 11.1. The van der Waals surface area contributed by atoms with Gasteiger partial charge in [-0.2, -0.15) is 10.2 Å². The number of ether oxygens (including phenoxy) is 2. The van der Waals surface area contributed by atoms with E-state index in [1.165, 1.54) is 17.6 Å². The maximum atomic E-state index is 13.4. The fraction of sp³-hybridized carbons (Fsp3) is 0.0769. The molecule has 4 aromatic rings. The Bertz CT molecular complexity index is 1540. The SMILES string of the molecule is COc1ccc(NC(=O)/C(C#N)=C/c2c(Oc3ccc(Br)cc3)nc3c(C)cccn3c2=O)cc1. The van der Waals surface area contributed by atoms with Crippen molar-refractivity contribution in [2.75, 3.05) is 12.4 Å². The van der Waals surface area contributed by atoms with E-state index in [4.69, 9.17) is 9.47 Å². The van der Waals surface area contributed by atoms with E-state index in [2.05, 4.69) is 26.2 Å².